The van der Waals surface area contributed by atoms with Crippen molar-refractivity contribution < 1.29 is 38.2 Å². The van der Waals surface area contributed by atoms with E-state index in [1.807, 2.05) is 0 Å². The number of hydrogen-bond donors (Lipinski definition) is 2. The highest BCUT2D eigenvalue weighted by molar-refractivity contribution is 6.64. The number of nitrogens with one attached hydrogen (secondary N) is 1. The zero-order valence-corrected chi connectivity index (χ0v) is 25.5. The Hall–Kier alpha value is -4.05. The van der Waals surface area contributed by atoms with Crippen LogP contribution in [-0.2, 0) is 28.7 Å². The molecule has 0 heterocycles. The van der Waals surface area contributed by atoms with Gasteiger partial charge in [0.2, 0.25) is 11.1 Å². The smallest absolute Gasteiger partial charge is 0.339 e. The summed E-state index contributed by atoms with van der Waals surface area (Å²) in [6.07, 6.45) is 0.356. The fourth-order valence-corrected chi connectivity index (χ4v) is 3.43. The van der Waals surface area contributed by atoms with Crippen LogP contribution in [0.2, 0.25) is 0 Å². The van der Waals surface area contributed by atoms with E-state index < -0.39 is 28.0 Å². The molecule has 11 heteroatoms. The number of carbonyl (C=O) groups excluding carboxylic acids is 6. The number of nitrogen functional groups attached to an aromatic ring is 1. The van der Waals surface area contributed by atoms with Crippen LogP contribution in [0.15, 0.2) is 48.5 Å². The third-order valence-electron chi connectivity index (χ3n) is 5.48. The Kier molecular flexibility index (Phi) is 17.6. The first kappa shape index (κ1) is 40.1. The van der Waals surface area contributed by atoms with E-state index >= 15 is 0 Å². The highest BCUT2D eigenvalue weighted by atomic mass is 35.5. The van der Waals surface area contributed by atoms with Gasteiger partial charge in [-0.25, -0.2) is 9.59 Å². The summed E-state index contributed by atoms with van der Waals surface area (Å²) in [6.45, 7) is 9.57. The van der Waals surface area contributed by atoms with Gasteiger partial charge in [-0.2, -0.15) is 0 Å². The molecule has 0 unspecified atom stereocenters. The summed E-state index contributed by atoms with van der Waals surface area (Å²) < 4.78 is 9.16. The Bertz CT molecular complexity index is 1260. The fraction of sp³-hybridized carbons (Fsp3) is 0.419. The minimum absolute atomic E-state index is 0. The predicted molar refractivity (Wildman–Crippen MR) is 164 cm³/mol. The van der Waals surface area contributed by atoms with E-state index in [1.54, 1.807) is 76.2 Å². The molecule has 0 saturated heterocycles. The lowest BCUT2D eigenvalue weighted by molar-refractivity contribution is -0.129. The number of halogens is 1. The minimum atomic E-state index is -0.838. The number of methoxy groups -OCH3 is 2. The van der Waals surface area contributed by atoms with E-state index in [0.29, 0.717) is 16.9 Å². The van der Waals surface area contributed by atoms with Crippen LogP contribution < -0.4 is 11.1 Å². The van der Waals surface area contributed by atoms with Gasteiger partial charge in [-0.1, -0.05) is 59.4 Å². The normalized spacial score (nSPS) is 10.2. The molecule has 10 nitrogen and oxygen atoms in total. The third kappa shape index (κ3) is 14.0. The van der Waals surface area contributed by atoms with Gasteiger partial charge >= 0.3 is 11.9 Å². The molecule has 0 aliphatic carbocycles. The molecule has 0 fully saturated rings. The zero-order valence-electron chi connectivity index (χ0n) is 24.8. The zero-order chi connectivity index (χ0) is 32.0. The number of hydrogen-bond acceptors (Lipinski definition) is 9. The number of para-hydroxylation sites is 2. The lowest BCUT2D eigenvalue weighted by Gasteiger charge is -2.22. The first-order valence-corrected chi connectivity index (χ1v) is 12.9. The van der Waals surface area contributed by atoms with Crippen LogP contribution in [0, 0.1) is 10.8 Å². The van der Waals surface area contributed by atoms with Crippen LogP contribution in [-0.4, -0.2) is 48.9 Å². The average Bonchev–Trinajstić information content (AvgIpc) is 2.87. The van der Waals surface area contributed by atoms with Gasteiger partial charge < -0.3 is 20.5 Å². The van der Waals surface area contributed by atoms with Crippen molar-refractivity contribution in [3.63, 3.8) is 0 Å². The lowest BCUT2D eigenvalue weighted by Crippen LogP contribution is -2.33. The van der Waals surface area contributed by atoms with Crippen LogP contribution in [0.1, 0.15) is 82.5 Å². The molecule has 0 bridgehead atoms. The Morgan fingerprint density at radius 2 is 1.14 bits per heavy atom. The molecule has 0 spiro atoms. The first-order valence-electron chi connectivity index (χ1n) is 12.5. The molecule has 2 aromatic rings. The summed E-state index contributed by atoms with van der Waals surface area (Å²) in [4.78, 5) is 67.1. The third-order valence-corrected chi connectivity index (χ3v) is 5.99. The Labute approximate surface area is 253 Å². The van der Waals surface area contributed by atoms with Crippen LogP contribution in [0.5, 0.6) is 0 Å². The number of nitrogens with two attached hydrogens (primary N) is 1. The fourth-order valence-electron chi connectivity index (χ4n) is 3.36. The van der Waals surface area contributed by atoms with E-state index in [-0.39, 0.29) is 43.3 Å². The molecular formula is C31H43ClN2O8. The van der Waals surface area contributed by atoms with Crippen molar-refractivity contribution in [2.45, 2.75) is 61.8 Å². The van der Waals surface area contributed by atoms with E-state index in [9.17, 15) is 28.8 Å². The van der Waals surface area contributed by atoms with Crippen LogP contribution in [0.3, 0.4) is 0 Å². The van der Waals surface area contributed by atoms with Crippen molar-refractivity contribution in [2.75, 3.05) is 25.3 Å². The molecule has 0 aliphatic heterocycles. The van der Waals surface area contributed by atoms with E-state index in [4.69, 9.17) is 17.3 Å². The van der Waals surface area contributed by atoms with Gasteiger partial charge in [-0.3, -0.25) is 19.2 Å². The molecule has 3 N–H and O–H groups in total. The van der Waals surface area contributed by atoms with E-state index in [0.717, 1.165) is 0 Å². The summed E-state index contributed by atoms with van der Waals surface area (Å²) >= 11 is 5.22. The van der Waals surface area contributed by atoms with Crippen molar-refractivity contribution >= 4 is 57.6 Å². The Morgan fingerprint density at radius 1 is 0.738 bits per heavy atom. The molecule has 2 rings (SSSR count). The average molecular weight is 607 g/mol. The summed E-state index contributed by atoms with van der Waals surface area (Å²) in [5, 5.41) is 2.22. The molecule has 42 heavy (non-hydrogen) atoms. The Balaban J connectivity index is 0. The number of ketones is 2. The van der Waals surface area contributed by atoms with Gasteiger partial charge in [-0.15, -0.1) is 0 Å². The maximum absolute atomic E-state index is 12.2. The molecule has 0 saturated carbocycles. The van der Waals surface area contributed by atoms with E-state index in [2.05, 4.69) is 14.8 Å². The lowest BCUT2D eigenvalue weighted by atomic mass is 9.86. The van der Waals surface area contributed by atoms with Crippen LogP contribution in [0.25, 0.3) is 0 Å². The molecule has 0 aliphatic rings. The highest BCUT2D eigenvalue weighted by Gasteiger charge is 2.30. The molecule has 2 aromatic carbocycles. The molecule has 232 valence electrons. The number of amides is 1. The van der Waals surface area contributed by atoms with Crippen LogP contribution >= 0.6 is 11.6 Å². The summed E-state index contributed by atoms with van der Waals surface area (Å²) in [6, 6.07) is 13.4. The summed E-state index contributed by atoms with van der Waals surface area (Å²) in [5.41, 5.74) is 5.47. The van der Waals surface area contributed by atoms with Crippen molar-refractivity contribution in [2.24, 2.45) is 10.8 Å². The highest BCUT2D eigenvalue weighted by Crippen LogP contribution is 2.25. The van der Waals surface area contributed by atoms with Gasteiger partial charge in [0, 0.05) is 23.9 Å². The molecule has 1 amide bonds. The van der Waals surface area contributed by atoms with Gasteiger partial charge in [0.25, 0.3) is 0 Å². The second-order valence-corrected chi connectivity index (χ2v) is 10.7. The second kappa shape index (κ2) is 18.4. The van der Waals surface area contributed by atoms with Crippen molar-refractivity contribution in [3.8, 4) is 0 Å². The number of anilines is 2. The monoisotopic (exact) mass is 606 g/mol. The topological polar surface area (TPSA) is 159 Å². The molecule has 0 aromatic heterocycles. The van der Waals surface area contributed by atoms with Gasteiger partial charge in [-0.05, 0) is 49.7 Å². The SMILES string of the molecule is C.CC(=O)CC(C)(C)C(=O)Cl.COC(=O)c1ccccc1N.COC(=O)c1ccccc1NC(=O)C(C)(C)CC(C)=O. The van der Waals surface area contributed by atoms with Gasteiger partial charge in [0.1, 0.15) is 11.6 Å². The minimum Gasteiger partial charge on any atom is -0.465 e. The maximum Gasteiger partial charge on any atom is 0.339 e. The van der Waals surface area contributed by atoms with Crippen molar-refractivity contribution in [1.29, 1.82) is 0 Å². The second-order valence-electron chi connectivity index (χ2n) is 10.4. The van der Waals surface area contributed by atoms with Crippen molar-refractivity contribution in [3.05, 3.63) is 59.7 Å². The van der Waals surface area contributed by atoms with Crippen molar-refractivity contribution in [1.82, 2.24) is 0 Å². The first-order chi connectivity index (χ1) is 18.9. The maximum atomic E-state index is 12.2. The number of carbonyl (C=O) groups is 6. The van der Waals surface area contributed by atoms with Crippen LogP contribution in [0.4, 0.5) is 11.4 Å². The summed E-state index contributed by atoms with van der Waals surface area (Å²) in [5.74, 6) is -1.32. The number of esters is 2. The number of ether oxygens (including phenoxy) is 2. The number of Topliss-reactive ketones (excluding diaryl/α,β-unsaturated/α-hetero) is 2. The molecular weight excluding hydrogens is 564 g/mol. The predicted octanol–water partition coefficient (Wildman–Crippen LogP) is 5.87. The summed E-state index contributed by atoms with van der Waals surface area (Å²) in [7, 11) is 2.61. The van der Waals surface area contributed by atoms with Gasteiger partial charge in [0.15, 0.2) is 0 Å². The van der Waals surface area contributed by atoms with Gasteiger partial charge in [0.05, 0.1) is 36.4 Å². The standard InChI is InChI=1S/C15H19NO4.C8H9NO2.C7H11ClO2.CH4/c1-10(17)9-15(2,3)14(19)16-12-8-6-5-7-11(12)13(18)20-4;1-11-8(10)6-4-2-3-5-7(6)9;1-5(9)4-7(2,3)6(8)10;/h5-8H,9H2,1-4H3,(H,16,19);2-5H,9H2,1H3;4H2,1-3H3;1H4. The van der Waals surface area contributed by atoms with E-state index in [1.165, 1.54) is 28.1 Å². The number of benzene rings is 2. The Morgan fingerprint density at radius 3 is 1.55 bits per heavy atom. The molecule has 0 atom stereocenters. The number of rotatable bonds is 9. The molecule has 0 radical (unpaired) electrons. The quantitative estimate of drug-likeness (QED) is 0.202. The largest absolute Gasteiger partial charge is 0.465 e.